The van der Waals surface area contributed by atoms with E-state index in [0.29, 0.717) is 19.0 Å². The van der Waals surface area contributed by atoms with Crippen LogP contribution < -0.4 is 5.32 Å². The molecule has 106 valence electrons. The van der Waals surface area contributed by atoms with E-state index in [1.165, 1.54) is 0 Å². The first kappa shape index (κ1) is 16.7. The van der Waals surface area contributed by atoms with Gasteiger partial charge in [-0.15, -0.1) is 0 Å². The molecule has 1 atom stereocenters. The number of urea groups is 1. The molecule has 0 radical (unpaired) electrons. The molecule has 0 spiro atoms. The SMILES string of the molecule is CCC(CNC(=O)N(CC)CC(C)C)CC(=O)O. The molecule has 5 nitrogen and oxygen atoms in total. The summed E-state index contributed by atoms with van der Waals surface area (Å²) in [5.74, 6) is -0.383. The summed E-state index contributed by atoms with van der Waals surface area (Å²) in [6.45, 7) is 9.82. The topological polar surface area (TPSA) is 69.6 Å². The lowest BCUT2D eigenvalue weighted by molar-refractivity contribution is -0.138. The van der Waals surface area contributed by atoms with Crippen LogP contribution in [0.3, 0.4) is 0 Å². The van der Waals surface area contributed by atoms with Crippen molar-refractivity contribution < 1.29 is 14.7 Å². The number of carboxylic acids is 1. The molecule has 2 N–H and O–H groups in total. The fourth-order valence-electron chi connectivity index (χ4n) is 1.75. The Hall–Kier alpha value is -1.26. The molecule has 0 rings (SSSR count). The van der Waals surface area contributed by atoms with E-state index in [0.717, 1.165) is 13.0 Å². The minimum atomic E-state index is -0.814. The molecule has 18 heavy (non-hydrogen) atoms. The van der Waals surface area contributed by atoms with Gasteiger partial charge in [-0.2, -0.15) is 0 Å². The van der Waals surface area contributed by atoms with Gasteiger partial charge in [-0.05, 0) is 18.8 Å². The third-order valence-corrected chi connectivity index (χ3v) is 2.84. The van der Waals surface area contributed by atoms with Gasteiger partial charge >= 0.3 is 12.0 Å². The lowest BCUT2D eigenvalue weighted by atomic mass is 10.0. The Labute approximate surface area is 110 Å². The van der Waals surface area contributed by atoms with Crippen LogP contribution in [0.5, 0.6) is 0 Å². The molecule has 2 amide bonds. The maximum Gasteiger partial charge on any atom is 0.317 e. The Balaban J connectivity index is 4.16. The fraction of sp³-hybridized carbons (Fsp3) is 0.846. The molecule has 0 aliphatic carbocycles. The van der Waals surface area contributed by atoms with E-state index in [4.69, 9.17) is 5.11 Å². The van der Waals surface area contributed by atoms with Gasteiger partial charge in [-0.3, -0.25) is 4.79 Å². The van der Waals surface area contributed by atoms with Crippen LogP contribution in [-0.2, 0) is 4.79 Å². The van der Waals surface area contributed by atoms with Crippen molar-refractivity contribution in [2.45, 2.75) is 40.5 Å². The standard InChI is InChI=1S/C13H26N2O3/c1-5-11(7-12(16)17)8-14-13(18)15(6-2)9-10(3)4/h10-11H,5-9H2,1-4H3,(H,14,18)(H,16,17). The monoisotopic (exact) mass is 258 g/mol. The maximum absolute atomic E-state index is 11.9. The predicted octanol–water partition coefficient (Wildman–Crippen LogP) is 2.17. The summed E-state index contributed by atoms with van der Waals surface area (Å²) in [5, 5.41) is 11.6. The molecule has 0 bridgehead atoms. The van der Waals surface area contributed by atoms with Gasteiger partial charge in [0, 0.05) is 26.1 Å². The van der Waals surface area contributed by atoms with Gasteiger partial charge in [0.2, 0.25) is 0 Å². The van der Waals surface area contributed by atoms with Gasteiger partial charge in [-0.25, -0.2) is 4.79 Å². The highest BCUT2D eigenvalue weighted by atomic mass is 16.4. The summed E-state index contributed by atoms with van der Waals surface area (Å²) in [6, 6.07) is -0.102. The number of nitrogens with zero attached hydrogens (tertiary/aromatic N) is 1. The summed E-state index contributed by atoms with van der Waals surface area (Å²) in [6.07, 6.45) is 0.857. The number of carboxylic acid groups (broad SMARTS) is 1. The van der Waals surface area contributed by atoms with Crippen molar-refractivity contribution >= 4 is 12.0 Å². The number of hydrogen-bond donors (Lipinski definition) is 2. The van der Waals surface area contributed by atoms with Crippen molar-refractivity contribution in [3.05, 3.63) is 0 Å². The zero-order valence-corrected chi connectivity index (χ0v) is 11.9. The van der Waals surface area contributed by atoms with Crippen molar-refractivity contribution in [3.8, 4) is 0 Å². The predicted molar refractivity (Wildman–Crippen MR) is 71.5 cm³/mol. The molecule has 0 aromatic heterocycles. The Morgan fingerprint density at radius 2 is 1.89 bits per heavy atom. The van der Waals surface area contributed by atoms with Gasteiger partial charge in [0.1, 0.15) is 0 Å². The molecule has 0 saturated carbocycles. The average molecular weight is 258 g/mol. The number of carbonyl (C=O) groups excluding carboxylic acids is 1. The summed E-state index contributed by atoms with van der Waals surface area (Å²) >= 11 is 0. The summed E-state index contributed by atoms with van der Waals surface area (Å²) in [7, 11) is 0. The Bertz CT molecular complexity index is 267. The van der Waals surface area contributed by atoms with Crippen LogP contribution in [0.15, 0.2) is 0 Å². The number of hydrogen-bond acceptors (Lipinski definition) is 2. The van der Waals surface area contributed by atoms with Crippen LogP contribution >= 0.6 is 0 Å². The smallest absolute Gasteiger partial charge is 0.317 e. The number of nitrogens with one attached hydrogen (secondary N) is 1. The first-order valence-corrected chi connectivity index (χ1v) is 6.65. The minimum absolute atomic E-state index is 0.00389. The molecule has 1 unspecified atom stereocenters. The molecule has 0 saturated heterocycles. The number of carbonyl (C=O) groups is 2. The highest BCUT2D eigenvalue weighted by Gasteiger charge is 2.16. The molecule has 0 fully saturated rings. The first-order chi connectivity index (χ1) is 8.40. The van der Waals surface area contributed by atoms with Crippen LogP contribution in [0.25, 0.3) is 0 Å². The molecule has 5 heteroatoms. The quantitative estimate of drug-likeness (QED) is 0.701. The third kappa shape index (κ3) is 7.14. The molecule has 0 aromatic carbocycles. The zero-order chi connectivity index (χ0) is 14.1. The van der Waals surface area contributed by atoms with Crippen molar-refractivity contribution in [3.63, 3.8) is 0 Å². The van der Waals surface area contributed by atoms with E-state index in [2.05, 4.69) is 19.2 Å². The summed E-state index contributed by atoms with van der Waals surface area (Å²) in [4.78, 5) is 24.3. The highest BCUT2D eigenvalue weighted by Crippen LogP contribution is 2.07. The molecule has 0 heterocycles. The second-order valence-corrected chi connectivity index (χ2v) is 4.99. The highest BCUT2D eigenvalue weighted by molar-refractivity contribution is 5.74. The number of rotatable bonds is 8. The molecular formula is C13H26N2O3. The lowest BCUT2D eigenvalue weighted by Crippen LogP contribution is -2.43. The van der Waals surface area contributed by atoms with Crippen molar-refractivity contribution in [2.24, 2.45) is 11.8 Å². The molecule has 0 aliphatic rings. The minimum Gasteiger partial charge on any atom is -0.481 e. The van der Waals surface area contributed by atoms with Crippen molar-refractivity contribution in [1.82, 2.24) is 10.2 Å². The molecule has 0 aromatic rings. The lowest BCUT2D eigenvalue weighted by Gasteiger charge is -2.24. The van der Waals surface area contributed by atoms with Gasteiger partial charge in [0.15, 0.2) is 0 Å². The van der Waals surface area contributed by atoms with Gasteiger partial charge in [0.05, 0.1) is 0 Å². The van der Waals surface area contributed by atoms with Crippen LogP contribution in [0.4, 0.5) is 4.79 Å². The molecular weight excluding hydrogens is 232 g/mol. The van der Waals surface area contributed by atoms with Crippen LogP contribution in [-0.4, -0.2) is 41.6 Å². The number of amides is 2. The fourth-order valence-corrected chi connectivity index (χ4v) is 1.75. The van der Waals surface area contributed by atoms with E-state index in [1.54, 1.807) is 4.90 Å². The Morgan fingerprint density at radius 3 is 2.28 bits per heavy atom. The summed E-state index contributed by atoms with van der Waals surface area (Å²) < 4.78 is 0. The Kier molecular flexibility index (Phi) is 8.16. The average Bonchev–Trinajstić information content (AvgIpc) is 2.30. The van der Waals surface area contributed by atoms with E-state index < -0.39 is 5.97 Å². The van der Waals surface area contributed by atoms with E-state index >= 15 is 0 Å². The number of aliphatic carboxylic acids is 1. The molecule has 0 aliphatic heterocycles. The van der Waals surface area contributed by atoms with Crippen LogP contribution in [0, 0.1) is 11.8 Å². The zero-order valence-electron chi connectivity index (χ0n) is 11.9. The van der Waals surface area contributed by atoms with Crippen LogP contribution in [0.1, 0.15) is 40.5 Å². The normalized spacial score (nSPS) is 12.3. The largest absolute Gasteiger partial charge is 0.481 e. The van der Waals surface area contributed by atoms with E-state index in [9.17, 15) is 9.59 Å². The van der Waals surface area contributed by atoms with Gasteiger partial charge in [-0.1, -0.05) is 27.2 Å². The first-order valence-electron chi connectivity index (χ1n) is 6.65. The van der Waals surface area contributed by atoms with Crippen LogP contribution in [0.2, 0.25) is 0 Å². The second-order valence-electron chi connectivity index (χ2n) is 4.99. The van der Waals surface area contributed by atoms with Gasteiger partial charge in [0.25, 0.3) is 0 Å². The Morgan fingerprint density at radius 1 is 1.28 bits per heavy atom. The third-order valence-electron chi connectivity index (χ3n) is 2.84. The maximum atomic E-state index is 11.9. The van der Waals surface area contributed by atoms with Crippen molar-refractivity contribution in [1.29, 1.82) is 0 Å². The van der Waals surface area contributed by atoms with E-state index in [-0.39, 0.29) is 18.4 Å². The summed E-state index contributed by atoms with van der Waals surface area (Å²) in [5.41, 5.74) is 0. The van der Waals surface area contributed by atoms with Gasteiger partial charge < -0.3 is 15.3 Å². The second kappa shape index (κ2) is 8.78. The van der Waals surface area contributed by atoms with E-state index in [1.807, 2.05) is 13.8 Å². The van der Waals surface area contributed by atoms with Crippen molar-refractivity contribution in [2.75, 3.05) is 19.6 Å².